The number of carbonyl (C=O) groups excluding carboxylic acids is 1. The first-order chi connectivity index (χ1) is 7.27. The summed E-state index contributed by atoms with van der Waals surface area (Å²) in [4.78, 5) is 13.9. The van der Waals surface area contributed by atoms with Crippen LogP contribution in [0, 0.1) is 0 Å². The predicted octanol–water partition coefficient (Wildman–Crippen LogP) is 2.48. The first kappa shape index (κ1) is 9.97. The Morgan fingerprint density at radius 3 is 2.33 bits per heavy atom. The summed E-state index contributed by atoms with van der Waals surface area (Å²) in [5, 5.41) is 0. The molecular formula is C13H15NO. The Bertz CT molecular complexity index is 359. The third kappa shape index (κ3) is 2.27. The van der Waals surface area contributed by atoms with Crippen LogP contribution in [0.25, 0.3) is 0 Å². The van der Waals surface area contributed by atoms with E-state index in [2.05, 4.69) is 6.58 Å². The Balaban J connectivity index is 2.06. The number of rotatable bonds is 1. The highest BCUT2D eigenvalue weighted by molar-refractivity contribution is 5.94. The second-order valence-corrected chi connectivity index (χ2v) is 3.91. The molecule has 0 bridgehead atoms. The van der Waals surface area contributed by atoms with E-state index < -0.39 is 0 Å². The van der Waals surface area contributed by atoms with Gasteiger partial charge in [0.15, 0.2) is 0 Å². The molecule has 2 nitrogen and oxygen atoms in total. The summed E-state index contributed by atoms with van der Waals surface area (Å²) in [6.07, 6.45) is 1.89. The lowest BCUT2D eigenvalue weighted by Crippen LogP contribution is -2.36. The smallest absolute Gasteiger partial charge is 0.253 e. The number of benzene rings is 1. The maximum atomic E-state index is 12.0. The van der Waals surface area contributed by atoms with Crippen molar-refractivity contribution in [3.05, 3.63) is 48.0 Å². The van der Waals surface area contributed by atoms with E-state index in [1.165, 1.54) is 5.57 Å². The van der Waals surface area contributed by atoms with Crippen LogP contribution in [-0.2, 0) is 0 Å². The van der Waals surface area contributed by atoms with Crippen LogP contribution >= 0.6 is 0 Å². The number of likely N-dealkylation sites (tertiary alicyclic amines) is 1. The third-order valence-electron chi connectivity index (χ3n) is 2.78. The van der Waals surface area contributed by atoms with Crippen LogP contribution in [0.4, 0.5) is 0 Å². The Morgan fingerprint density at radius 1 is 1.13 bits per heavy atom. The Labute approximate surface area is 90.2 Å². The van der Waals surface area contributed by atoms with Crippen LogP contribution in [0.15, 0.2) is 42.5 Å². The van der Waals surface area contributed by atoms with Crippen molar-refractivity contribution in [3.63, 3.8) is 0 Å². The number of hydrogen-bond donors (Lipinski definition) is 0. The molecule has 1 fully saturated rings. The van der Waals surface area contributed by atoms with Gasteiger partial charge in [0.25, 0.3) is 5.91 Å². The average molecular weight is 201 g/mol. The lowest BCUT2D eigenvalue weighted by molar-refractivity contribution is 0.0744. The molecule has 0 unspecified atom stereocenters. The molecule has 2 heteroatoms. The Kier molecular flexibility index (Phi) is 2.86. The standard InChI is InChI=1S/C13H15NO/c1-11-7-9-14(10-8-11)13(15)12-5-3-2-4-6-12/h2-6H,1,7-10H2. The van der Waals surface area contributed by atoms with Gasteiger partial charge in [-0.3, -0.25) is 4.79 Å². The maximum Gasteiger partial charge on any atom is 0.253 e. The molecule has 0 aromatic heterocycles. The number of amides is 1. The average Bonchev–Trinajstić information content (AvgIpc) is 2.30. The number of hydrogen-bond acceptors (Lipinski definition) is 1. The summed E-state index contributed by atoms with van der Waals surface area (Å²) in [7, 11) is 0. The maximum absolute atomic E-state index is 12.0. The first-order valence-electron chi connectivity index (χ1n) is 5.28. The molecule has 1 heterocycles. The van der Waals surface area contributed by atoms with Gasteiger partial charge in [0.1, 0.15) is 0 Å². The lowest BCUT2D eigenvalue weighted by atomic mass is 10.0. The number of piperidine rings is 1. The highest BCUT2D eigenvalue weighted by Gasteiger charge is 2.18. The van der Waals surface area contributed by atoms with Crippen molar-refractivity contribution in [3.8, 4) is 0 Å². The molecule has 1 aromatic carbocycles. The molecule has 1 saturated heterocycles. The van der Waals surface area contributed by atoms with Gasteiger partial charge in [0, 0.05) is 18.7 Å². The normalized spacial score (nSPS) is 16.5. The van der Waals surface area contributed by atoms with E-state index >= 15 is 0 Å². The quantitative estimate of drug-likeness (QED) is 0.639. The SMILES string of the molecule is C=C1CCN(C(=O)c2ccccc2)CC1. The minimum absolute atomic E-state index is 0.142. The molecule has 0 N–H and O–H groups in total. The molecule has 0 radical (unpaired) electrons. The monoisotopic (exact) mass is 201 g/mol. The molecule has 0 aliphatic carbocycles. The fourth-order valence-electron chi connectivity index (χ4n) is 1.79. The summed E-state index contributed by atoms with van der Waals surface area (Å²) in [6, 6.07) is 9.46. The molecule has 0 saturated carbocycles. The fourth-order valence-corrected chi connectivity index (χ4v) is 1.79. The third-order valence-corrected chi connectivity index (χ3v) is 2.78. The Hall–Kier alpha value is -1.57. The molecule has 1 aliphatic rings. The van der Waals surface area contributed by atoms with Gasteiger partial charge in [-0.25, -0.2) is 0 Å². The topological polar surface area (TPSA) is 20.3 Å². The summed E-state index contributed by atoms with van der Waals surface area (Å²) >= 11 is 0. The van der Waals surface area contributed by atoms with Crippen molar-refractivity contribution in [2.45, 2.75) is 12.8 Å². The van der Waals surface area contributed by atoms with Gasteiger partial charge >= 0.3 is 0 Å². The Morgan fingerprint density at radius 2 is 1.73 bits per heavy atom. The van der Waals surface area contributed by atoms with E-state index in [4.69, 9.17) is 0 Å². The highest BCUT2D eigenvalue weighted by Crippen LogP contribution is 2.16. The van der Waals surface area contributed by atoms with Crippen molar-refractivity contribution in [2.24, 2.45) is 0 Å². The van der Waals surface area contributed by atoms with Crippen LogP contribution in [-0.4, -0.2) is 23.9 Å². The first-order valence-corrected chi connectivity index (χ1v) is 5.28. The van der Waals surface area contributed by atoms with E-state index in [0.29, 0.717) is 0 Å². The number of nitrogens with zero attached hydrogens (tertiary/aromatic N) is 1. The van der Waals surface area contributed by atoms with Gasteiger partial charge < -0.3 is 4.90 Å². The molecule has 1 amide bonds. The van der Waals surface area contributed by atoms with E-state index in [9.17, 15) is 4.79 Å². The molecule has 0 atom stereocenters. The molecular weight excluding hydrogens is 186 g/mol. The van der Waals surface area contributed by atoms with Crippen molar-refractivity contribution in [1.82, 2.24) is 4.90 Å². The van der Waals surface area contributed by atoms with Crippen LogP contribution in [0.5, 0.6) is 0 Å². The van der Waals surface area contributed by atoms with Crippen molar-refractivity contribution in [2.75, 3.05) is 13.1 Å². The van der Waals surface area contributed by atoms with Gasteiger partial charge in [-0.05, 0) is 25.0 Å². The van der Waals surface area contributed by atoms with Crippen LogP contribution in [0.1, 0.15) is 23.2 Å². The zero-order valence-electron chi connectivity index (χ0n) is 8.78. The highest BCUT2D eigenvalue weighted by atomic mass is 16.2. The second kappa shape index (κ2) is 4.30. The zero-order valence-corrected chi connectivity index (χ0v) is 8.78. The second-order valence-electron chi connectivity index (χ2n) is 3.91. The van der Waals surface area contributed by atoms with Crippen molar-refractivity contribution < 1.29 is 4.79 Å². The number of carbonyl (C=O) groups is 1. The van der Waals surface area contributed by atoms with Crippen molar-refractivity contribution >= 4 is 5.91 Å². The van der Waals surface area contributed by atoms with Gasteiger partial charge in [-0.1, -0.05) is 30.4 Å². The summed E-state index contributed by atoms with van der Waals surface area (Å²) in [5.74, 6) is 0.142. The summed E-state index contributed by atoms with van der Waals surface area (Å²) in [5.41, 5.74) is 2.04. The molecule has 15 heavy (non-hydrogen) atoms. The molecule has 1 aromatic rings. The van der Waals surface area contributed by atoms with Gasteiger partial charge in [0.05, 0.1) is 0 Å². The van der Waals surface area contributed by atoms with Crippen LogP contribution in [0.2, 0.25) is 0 Å². The van der Waals surface area contributed by atoms with E-state index in [-0.39, 0.29) is 5.91 Å². The minimum Gasteiger partial charge on any atom is -0.338 e. The van der Waals surface area contributed by atoms with E-state index in [0.717, 1.165) is 31.5 Å². The van der Waals surface area contributed by atoms with Crippen LogP contribution in [0.3, 0.4) is 0 Å². The molecule has 0 spiro atoms. The molecule has 2 rings (SSSR count). The lowest BCUT2D eigenvalue weighted by Gasteiger charge is -2.28. The van der Waals surface area contributed by atoms with Gasteiger partial charge in [0.2, 0.25) is 0 Å². The van der Waals surface area contributed by atoms with Crippen molar-refractivity contribution in [1.29, 1.82) is 0 Å². The summed E-state index contributed by atoms with van der Waals surface area (Å²) in [6.45, 7) is 5.57. The predicted molar refractivity (Wildman–Crippen MR) is 60.7 cm³/mol. The molecule has 78 valence electrons. The summed E-state index contributed by atoms with van der Waals surface area (Å²) < 4.78 is 0. The van der Waals surface area contributed by atoms with E-state index in [1.54, 1.807) is 0 Å². The van der Waals surface area contributed by atoms with E-state index in [1.807, 2.05) is 35.2 Å². The largest absolute Gasteiger partial charge is 0.338 e. The zero-order chi connectivity index (χ0) is 10.7. The van der Waals surface area contributed by atoms with Gasteiger partial charge in [-0.2, -0.15) is 0 Å². The molecule has 1 aliphatic heterocycles. The fraction of sp³-hybridized carbons (Fsp3) is 0.308. The van der Waals surface area contributed by atoms with Crippen LogP contribution < -0.4 is 0 Å². The minimum atomic E-state index is 0.142. The van der Waals surface area contributed by atoms with Gasteiger partial charge in [-0.15, -0.1) is 0 Å².